The minimum atomic E-state index is 0.0351. The summed E-state index contributed by atoms with van der Waals surface area (Å²) in [6.45, 7) is 6.56. The lowest BCUT2D eigenvalue weighted by atomic mass is 9.73. The van der Waals surface area contributed by atoms with E-state index in [0.29, 0.717) is 0 Å². The summed E-state index contributed by atoms with van der Waals surface area (Å²) in [7, 11) is 4.05. The Labute approximate surface area is 203 Å². The molecule has 0 spiro atoms. The monoisotopic (exact) mass is 458 g/mol. The summed E-state index contributed by atoms with van der Waals surface area (Å²) < 4.78 is 19.2. The van der Waals surface area contributed by atoms with Gasteiger partial charge >= 0.3 is 0 Å². The van der Waals surface area contributed by atoms with Gasteiger partial charge < -0.3 is 18.7 Å². The lowest BCUT2D eigenvalue weighted by Crippen LogP contribution is -2.43. The predicted octanol–water partition coefficient (Wildman–Crippen LogP) is 6.01. The van der Waals surface area contributed by atoms with E-state index < -0.39 is 0 Å². The van der Waals surface area contributed by atoms with Gasteiger partial charge in [-0.15, -0.1) is 0 Å². The molecule has 3 aromatic rings. The van der Waals surface area contributed by atoms with Gasteiger partial charge in [-0.25, -0.2) is 0 Å². The van der Waals surface area contributed by atoms with Crippen LogP contribution < -0.4 is 14.2 Å². The highest BCUT2D eigenvalue weighted by Crippen LogP contribution is 2.49. The topological polar surface area (TPSA) is 27.7 Å². The maximum Gasteiger partial charge on any atom is 0.137 e. The van der Waals surface area contributed by atoms with Crippen LogP contribution in [0.2, 0.25) is 0 Å². The van der Waals surface area contributed by atoms with Crippen LogP contribution in [-0.2, 0) is 0 Å². The molecule has 3 atom stereocenters. The van der Waals surface area contributed by atoms with Gasteiger partial charge in [-0.1, -0.05) is 48.5 Å². The molecule has 178 valence electrons. The molecule has 2 aliphatic rings. The zero-order valence-electron chi connectivity index (χ0n) is 20.6. The fourth-order valence-corrected chi connectivity index (χ4v) is 5.74. The van der Waals surface area contributed by atoms with Crippen LogP contribution in [0, 0.1) is 0 Å². The predicted molar refractivity (Wildman–Crippen MR) is 136 cm³/mol. The zero-order valence-corrected chi connectivity index (χ0v) is 20.6. The van der Waals surface area contributed by atoms with E-state index in [9.17, 15) is 0 Å². The first-order valence-corrected chi connectivity index (χ1v) is 12.5. The molecular formula is C30H36NO3+. The van der Waals surface area contributed by atoms with Crippen molar-refractivity contribution in [3.8, 4) is 17.2 Å². The van der Waals surface area contributed by atoms with E-state index in [1.54, 1.807) is 7.11 Å². The molecule has 0 amide bonds. The Kier molecular flexibility index (Phi) is 6.51. The van der Waals surface area contributed by atoms with Crippen molar-refractivity contribution in [1.29, 1.82) is 0 Å². The van der Waals surface area contributed by atoms with E-state index in [-0.39, 0.29) is 17.9 Å². The van der Waals surface area contributed by atoms with Crippen molar-refractivity contribution in [3.63, 3.8) is 0 Å². The second kappa shape index (κ2) is 9.71. The molecule has 0 saturated carbocycles. The number of ether oxygens (including phenoxy) is 3. The van der Waals surface area contributed by atoms with Crippen molar-refractivity contribution in [3.05, 3.63) is 89.5 Å². The summed E-state index contributed by atoms with van der Waals surface area (Å²) in [6.07, 6.45) is 2.71. The Morgan fingerprint density at radius 2 is 1.59 bits per heavy atom. The second-order valence-electron chi connectivity index (χ2n) is 10.1. The third kappa shape index (κ3) is 4.65. The van der Waals surface area contributed by atoms with E-state index in [1.165, 1.54) is 42.6 Å². The fourth-order valence-electron chi connectivity index (χ4n) is 5.74. The Bertz CT molecular complexity index is 1090. The molecule has 0 aromatic heterocycles. The lowest BCUT2D eigenvalue weighted by molar-refractivity contribution is -0.897. The summed E-state index contributed by atoms with van der Waals surface area (Å²) in [4.78, 5) is 0. The van der Waals surface area contributed by atoms with Gasteiger partial charge in [-0.2, -0.15) is 0 Å². The quantitative estimate of drug-likeness (QED) is 0.406. The number of nitrogens with zero attached hydrogens (tertiary/aromatic N) is 1. The fraction of sp³-hybridized carbons (Fsp3) is 0.400. The molecule has 1 saturated heterocycles. The van der Waals surface area contributed by atoms with Crippen LogP contribution in [-0.4, -0.2) is 51.0 Å². The maximum atomic E-state index is 6.42. The zero-order chi connectivity index (χ0) is 23.5. The average Bonchev–Trinajstić information content (AvgIpc) is 3.30. The molecule has 34 heavy (non-hydrogen) atoms. The van der Waals surface area contributed by atoms with E-state index in [4.69, 9.17) is 14.2 Å². The molecule has 5 rings (SSSR count). The smallest absolute Gasteiger partial charge is 0.137 e. The van der Waals surface area contributed by atoms with Crippen molar-refractivity contribution in [1.82, 2.24) is 0 Å². The summed E-state index contributed by atoms with van der Waals surface area (Å²) in [5, 5.41) is 0. The van der Waals surface area contributed by atoms with Crippen LogP contribution in [0.25, 0.3) is 0 Å². The molecule has 0 N–H and O–H groups in total. The number of likely N-dealkylation sites (N-methyl/N-ethyl adjacent to an activating group) is 1. The van der Waals surface area contributed by atoms with Gasteiger partial charge in [0.25, 0.3) is 0 Å². The molecule has 2 aliphatic heterocycles. The minimum Gasteiger partial charge on any atom is -0.497 e. The highest BCUT2D eigenvalue weighted by molar-refractivity contribution is 5.51. The Balaban J connectivity index is 1.42. The van der Waals surface area contributed by atoms with Gasteiger partial charge in [0.15, 0.2) is 0 Å². The van der Waals surface area contributed by atoms with Crippen molar-refractivity contribution in [2.24, 2.45) is 0 Å². The first-order valence-electron chi connectivity index (χ1n) is 12.5. The van der Waals surface area contributed by atoms with E-state index in [2.05, 4.69) is 74.6 Å². The van der Waals surface area contributed by atoms with Crippen molar-refractivity contribution >= 4 is 0 Å². The summed E-state index contributed by atoms with van der Waals surface area (Å²) >= 11 is 0. The normalized spacial score (nSPS) is 23.1. The summed E-state index contributed by atoms with van der Waals surface area (Å²) in [5.41, 5.74) is 3.78. The van der Waals surface area contributed by atoms with Gasteiger partial charge in [0.05, 0.1) is 27.2 Å². The van der Waals surface area contributed by atoms with Gasteiger partial charge in [0.2, 0.25) is 0 Å². The van der Waals surface area contributed by atoms with Crippen LogP contribution >= 0.6 is 0 Å². The Morgan fingerprint density at radius 1 is 0.882 bits per heavy atom. The largest absolute Gasteiger partial charge is 0.497 e. The highest BCUT2D eigenvalue weighted by Gasteiger charge is 2.38. The Hall–Kier alpha value is -2.98. The number of rotatable bonds is 7. The number of quaternary nitrogens is 1. The van der Waals surface area contributed by atoms with Crippen molar-refractivity contribution in [2.75, 3.05) is 40.4 Å². The van der Waals surface area contributed by atoms with Gasteiger partial charge in [0.1, 0.15) is 36.5 Å². The van der Waals surface area contributed by atoms with Gasteiger partial charge in [-0.3, -0.25) is 0 Å². The van der Waals surface area contributed by atoms with Crippen molar-refractivity contribution < 1.29 is 18.7 Å². The van der Waals surface area contributed by atoms with Crippen LogP contribution in [0.1, 0.15) is 48.3 Å². The molecule has 0 unspecified atom stereocenters. The number of methoxy groups -OCH3 is 1. The summed E-state index contributed by atoms with van der Waals surface area (Å²) in [5.74, 6) is 3.08. The van der Waals surface area contributed by atoms with Crippen molar-refractivity contribution in [2.45, 2.75) is 37.7 Å². The lowest BCUT2D eigenvalue weighted by Gasteiger charge is -2.39. The molecule has 4 heteroatoms. The number of likely N-dealkylation sites (tertiary alicyclic amines) is 1. The third-order valence-electron chi connectivity index (χ3n) is 7.70. The Morgan fingerprint density at radius 3 is 2.29 bits per heavy atom. The number of benzene rings is 3. The van der Waals surface area contributed by atoms with E-state index >= 15 is 0 Å². The minimum absolute atomic E-state index is 0.0351. The van der Waals surface area contributed by atoms with E-state index in [1.807, 2.05) is 12.1 Å². The van der Waals surface area contributed by atoms with Crippen LogP contribution in [0.5, 0.6) is 17.2 Å². The molecule has 4 nitrogen and oxygen atoms in total. The molecular weight excluding hydrogens is 422 g/mol. The van der Waals surface area contributed by atoms with E-state index in [0.717, 1.165) is 34.9 Å². The molecule has 0 radical (unpaired) electrons. The first kappa shape index (κ1) is 22.8. The molecule has 1 fully saturated rings. The number of hydrogen-bond acceptors (Lipinski definition) is 3. The molecule has 2 heterocycles. The van der Waals surface area contributed by atoms with Gasteiger partial charge in [0, 0.05) is 36.3 Å². The van der Waals surface area contributed by atoms with Gasteiger partial charge in [-0.05, 0) is 36.2 Å². The van der Waals surface area contributed by atoms with Crippen LogP contribution in [0.3, 0.4) is 0 Å². The second-order valence-corrected chi connectivity index (χ2v) is 10.1. The summed E-state index contributed by atoms with van der Waals surface area (Å²) in [6, 6.07) is 25.7. The average molecular weight is 459 g/mol. The van der Waals surface area contributed by atoms with Crippen LogP contribution in [0.4, 0.5) is 0 Å². The van der Waals surface area contributed by atoms with Crippen LogP contribution in [0.15, 0.2) is 72.8 Å². The SMILES string of the molecule is COc1ccc2c(c1)O[C@@H](C)[C@@H](c1ccccc1)[C@@H]2c1ccc(OCC[N+]2(C)CCCC2)cc1. The first-order chi connectivity index (χ1) is 16.6. The standard InChI is InChI=1S/C30H36NO3/c1-22-29(23-9-5-4-6-10-23)30(27-16-15-26(32-3)21-28(27)34-22)24-11-13-25(14-12-24)33-20-19-31(2)17-7-8-18-31/h4-6,9-16,21-22,29-30H,7-8,17-20H2,1-3H3/q+1/t22-,29-,30+/m0/s1. The highest BCUT2D eigenvalue weighted by atomic mass is 16.5. The molecule has 0 bridgehead atoms. The molecule has 3 aromatic carbocycles. The number of fused-ring (bicyclic) bond motifs is 1. The third-order valence-corrected chi connectivity index (χ3v) is 7.70. The maximum absolute atomic E-state index is 6.42. The number of hydrogen-bond donors (Lipinski definition) is 0. The molecule has 0 aliphatic carbocycles.